The Kier molecular flexibility index (Phi) is 4.38. The normalized spacial score (nSPS) is 21.9. The van der Waals surface area contributed by atoms with E-state index in [1.807, 2.05) is 0 Å². The quantitative estimate of drug-likeness (QED) is 0.697. The third-order valence-electron chi connectivity index (χ3n) is 5.00. The van der Waals surface area contributed by atoms with Crippen molar-refractivity contribution in [2.45, 2.75) is 33.2 Å². The first kappa shape index (κ1) is 15.6. The van der Waals surface area contributed by atoms with Gasteiger partial charge < -0.3 is 4.90 Å². The van der Waals surface area contributed by atoms with Gasteiger partial charge in [-0.15, -0.1) is 0 Å². The number of hydrogen-bond acceptors (Lipinski definition) is 1. The van der Waals surface area contributed by atoms with Crippen LogP contribution in [-0.2, 0) is 6.42 Å². The molecule has 2 aromatic carbocycles. The zero-order valence-electron chi connectivity index (χ0n) is 14.2. The van der Waals surface area contributed by atoms with Crippen molar-refractivity contribution in [2.24, 2.45) is 5.41 Å². The summed E-state index contributed by atoms with van der Waals surface area (Å²) in [5.41, 5.74) is 4.23. The zero-order chi connectivity index (χ0) is 16.3. The Bertz CT molecular complexity index is 699. The summed E-state index contributed by atoms with van der Waals surface area (Å²) in [6.45, 7) is 6.83. The van der Waals surface area contributed by atoms with Crippen molar-refractivity contribution in [1.82, 2.24) is 4.90 Å². The molecule has 1 heteroatoms. The maximum atomic E-state index is 2.36. The minimum atomic E-state index is 0.0915. The molecule has 0 fully saturated rings. The van der Waals surface area contributed by atoms with Crippen LogP contribution in [0.4, 0.5) is 0 Å². The SMILES string of the molecule is CC1=CN([C@H](C)c2ccccc2)C=CC1(C)Cc1ccccc1. The molecule has 118 valence electrons. The Morgan fingerprint density at radius 1 is 0.957 bits per heavy atom. The monoisotopic (exact) mass is 303 g/mol. The second-order valence-electron chi connectivity index (χ2n) is 6.74. The van der Waals surface area contributed by atoms with Crippen molar-refractivity contribution in [1.29, 1.82) is 0 Å². The summed E-state index contributed by atoms with van der Waals surface area (Å²) in [6.07, 6.45) is 7.95. The van der Waals surface area contributed by atoms with E-state index in [-0.39, 0.29) is 5.41 Å². The first-order valence-corrected chi connectivity index (χ1v) is 8.33. The topological polar surface area (TPSA) is 3.24 Å². The Morgan fingerprint density at radius 3 is 2.17 bits per heavy atom. The van der Waals surface area contributed by atoms with Crippen LogP contribution in [0.15, 0.2) is 84.7 Å². The molecule has 0 spiro atoms. The molecule has 0 aromatic heterocycles. The summed E-state index contributed by atoms with van der Waals surface area (Å²) in [5, 5.41) is 0. The van der Waals surface area contributed by atoms with Gasteiger partial charge >= 0.3 is 0 Å². The highest BCUT2D eigenvalue weighted by Crippen LogP contribution is 2.37. The average molecular weight is 303 g/mol. The highest BCUT2D eigenvalue weighted by atomic mass is 15.1. The van der Waals surface area contributed by atoms with Crippen molar-refractivity contribution in [3.05, 3.63) is 95.8 Å². The lowest BCUT2D eigenvalue weighted by Gasteiger charge is -2.36. The lowest BCUT2D eigenvalue weighted by Crippen LogP contribution is -2.27. The lowest BCUT2D eigenvalue weighted by atomic mass is 9.76. The molecule has 2 aromatic rings. The predicted octanol–water partition coefficient (Wildman–Crippen LogP) is 5.73. The van der Waals surface area contributed by atoms with E-state index < -0.39 is 0 Å². The number of hydrogen-bond donors (Lipinski definition) is 0. The molecule has 2 atom stereocenters. The molecule has 3 rings (SSSR count). The summed E-state index contributed by atoms with van der Waals surface area (Å²) in [7, 11) is 0. The van der Waals surface area contributed by atoms with Crippen LogP contribution in [0.2, 0.25) is 0 Å². The predicted molar refractivity (Wildman–Crippen MR) is 97.8 cm³/mol. The smallest absolute Gasteiger partial charge is 0.0551 e. The third kappa shape index (κ3) is 3.39. The van der Waals surface area contributed by atoms with Crippen LogP contribution >= 0.6 is 0 Å². The van der Waals surface area contributed by atoms with Crippen molar-refractivity contribution < 1.29 is 0 Å². The van der Waals surface area contributed by atoms with Crippen LogP contribution < -0.4 is 0 Å². The Labute approximate surface area is 140 Å². The van der Waals surface area contributed by atoms with Crippen molar-refractivity contribution >= 4 is 0 Å². The Morgan fingerprint density at radius 2 is 1.57 bits per heavy atom. The summed E-state index contributed by atoms with van der Waals surface area (Å²) in [4.78, 5) is 2.32. The van der Waals surface area contributed by atoms with Crippen molar-refractivity contribution in [3.8, 4) is 0 Å². The molecule has 0 saturated heterocycles. The molecule has 0 aliphatic carbocycles. The molecule has 1 aliphatic heterocycles. The molecule has 0 radical (unpaired) electrons. The van der Waals surface area contributed by atoms with Gasteiger partial charge in [0.15, 0.2) is 0 Å². The summed E-state index contributed by atoms with van der Waals surface area (Å²) in [5.74, 6) is 0. The van der Waals surface area contributed by atoms with Gasteiger partial charge in [0.1, 0.15) is 0 Å². The first-order chi connectivity index (χ1) is 11.1. The van der Waals surface area contributed by atoms with E-state index in [0.717, 1.165) is 6.42 Å². The van der Waals surface area contributed by atoms with Crippen LogP contribution in [0, 0.1) is 5.41 Å². The van der Waals surface area contributed by atoms with Crippen LogP contribution in [0.25, 0.3) is 0 Å². The zero-order valence-corrected chi connectivity index (χ0v) is 14.2. The molecule has 1 nitrogen and oxygen atoms in total. The summed E-state index contributed by atoms with van der Waals surface area (Å²) >= 11 is 0. The molecular formula is C22H25N. The molecule has 1 heterocycles. The fraction of sp³-hybridized carbons (Fsp3) is 0.273. The van der Waals surface area contributed by atoms with E-state index in [9.17, 15) is 0 Å². The molecule has 1 aliphatic rings. The molecule has 0 amide bonds. The van der Waals surface area contributed by atoms with Gasteiger partial charge in [-0.2, -0.15) is 0 Å². The number of allylic oxidation sites excluding steroid dienone is 2. The fourth-order valence-corrected chi connectivity index (χ4v) is 3.16. The maximum absolute atomic E-state index is 2.36. The van der Waals surface area contributed by atoms with Gasteiger partial charge in [-0.1, -0.05) is 73.7 Å². The molecule has 0 saturated carbocycles. The average Bonchev–Trinajstić information content (AvgIpc) is 2.58. The molecular weight excluding hydrogens is 278 g/mol. The van der Waals surface area contributed by atoms with Crippen LogP contribution in [0.3, 0.4) is 0 Å². The Hall–Kier alpha value is -2.28. The van der Waals surface area contributed by atoms with Crippen molar-refractivity contribution in [2.75, 3.05) is 0 Å². The van der Waals surface area contributed by atoms with E-state index in [1.54, 1.807) is 0 Å². The van der Waals surface area contributed by atoms with Gasteiger partial charge in [0.05, 0.1) is 6.04 Å². The summed E-state index contributed by atoms with van der Waals surface area (Å²) in [6, 6.07) is 21.8. The highest BCUT2D eigenvalue weighted by molar-refractivity contribution is 5.30. The molecule has 0 N–H and O–H groups in total. The summed E-state index contributed by atoms with van der Waals surface area (Å²) < 4.78 is 0. The van der Waals surface area contributed by atoms with Gasteiger partial charge in [0, 0.05) is 17.8 Å². The van der Waals surface area contributed by atoms with Gasteiger partial charge in [-0.05, 0) is 37.0 Å². The number of benzene rings is 2. The molecule has 1 unspecified atom stereocenters. The maximum Gasteiger partial charge on any atom is 0.0551 e. The van der Waals surface area contributed by atoms with E-state index in [4.69, 9.17) is 0 Å². The van der Waals surface area contributed by atoms with E-state index in [0.29, 0.717) is 6.04 Å². The van der Waals surface area contributed by atoms with Gasteiger partial charge in [0.2, 0.25) is 0 Å². The minimum absolute atomic E-state index is 0.0915. The first-order valence-electron chi connectivity index (χ1n) is 8.33. The van der Waals surface area contributed by atoms with Gasteiger partial charge in [-0.3, -0.25) is 0 Å². The van der Waals surface area contributed by atoms with E-state index in [2.05, 4.69) is 105 Å². The van der Waals surface area contributed by atoms with E-state index >= 15 is 0 Å². The minimum Gasteiger partial charge on any atom is -0.347 e. The van der Waals surface area contributed by atoms with Gasteiger partial charge in [-0.25, -0.2) is 0 Å². The second-order valence-corrected chi connectivity index (χ2v) is 6.74. The van der Waals surface area contributed by atoms with Crippen molar-refractivity contribution in [3.63, 3.8) is 0 Å². The van der Waals surface area contributed by atoms with E-state index in [1.165, 1.54) is 16.7 Å². The highest BCUT2D eigenvalue weighted by Gasteiger charge is 2.28. The Balaban J connectivity index is 1.78. The fourth-order valence-electron chi connectivity index (χ4n) is 3.16. The molecule has 0 bridgehead atoms. The van der Waals surface area contributed by atoms with Crippen LogP contribution in [0.1, 0.15) is 37.9 Å². The lowest BCUT2D eigenvalue weighted by molar-refractivity contribution is 0.360. The standard InChI is InChI=1S/C22H25N/c1-18-17-23(19(2)21-12-8-5-9-13-21)15-14-22(18,3)16-20-10-6-4-7-11-20/h4-15,17,19H,16H2,1-3H3/t19-,22?/m1/s1. The molecule has 23 heavy (non-hydrogen) atoms. The van der Waals surface area contributed by atoms with Gasteiger partial charge in [0.25, 0.3) is 0 Å². The van der Waals surface area contributed by atoms with Crippen LogP contribution in [-0.4, -0.2) is 4.90 Å². The number of rotatable bonds is 4. The third-order valence-corrected chi connectivity index (χ3v) is 5.00. The van der Waals surface area contributed by atoms with Crippen LogP contribution in [0.5, 0.6) is 0 Å². The second kappa shape index (κ2) is 6.45. The number of nitrogens with zero attached hydrogens (tertiary/aromatic N) is 1. The largest absolute Gasteiger partial charge is 0.347 e.